The summed E-state index contributed by atoms with van der Waals surface area (Å²) < 4.78 is 11.5. The Morgan fingerprint density at radius 3 is 2.48 bits per heavy atom. The Balaban J connectivity index is 1.38. The normalized spacial score (nSPS) is 15.4. The highest BCUT2D eigenvalue weighted by molar-refractivity contribution is 6.31. The zero-order valence-corrected chi connectivity index (χ0v) is 23.3. The molecule has 1 aliphatic rings. The molecule has 0 radical (unpaired) electrons. The quantitative estimate of drug-likeness (QED) is 0.241. The lowest BCUT2D eigenvalue weighted by Gasteiger charge is -2.35. The van der Waals surface area contributed by atoms with Crippen molar-refractivity contribution >= 4 is 46.1 Å². The molecule has 0 spiro atoms. The number of hydrogen-bond acceptors (Lipinski definition) is 5. The van der Waals surface area contributed by atoms with E-state index in [1.165, 1.54) is 6.92 Å². The van der Waals surface area contributed by atoms with E-state index in [2.05, 4.69) is 10.3 Å². The molecule has 3 N–H and O–H groups in total. The third-order valence-electron chi connectivity index (χ3n) is 6.84. The number of hydrogen-bond donors (Lipinski definition) is 3. The molecule has 1 aromatic heterocycles. The van der Waals surface area contributed by atoms with Gasteiger partial charge < -0.3 is 24.9 Å². The first-order chi connectivity index (χ1) is 19.3. The van der Waals surface area contributed by atoms with Crippen LogP contribution in [-0.2, 0) is 11.2 Å². The van der Waals surface area contributed by atoms with E-state index in [1.54, 1.807) is 29.2 Å². The predicted molar refractivity (Wildman–Crippen MR) is 154 cm³/mol. The second-order valence-corrected chi connectivity index (χ2v) is 10.5. The average molecular weight is 582 g/mol. The largest absolute Gasteiger partial charge is 0.493 e. The van der Waals surface area contributed by atoms with E-state index in [4.69, 9.17) is 32.7 Å². The molecule has 0 bridgehead atoms. The first-order valence-corrected chi connectivity index (χ1v) is 13.7. The number of aliphatic hydroxyl groups excluding tert-OH is 1. The molecular weight excluding hydrogens is 553 g/mol. The number of rotatable bonds is 8. The SMILES string of the molecule is CC(=O)NCC(O)CCOc1ccc([C@H]2c3[nH]c4ccc(Cl)cc4c3CCN2C(=O)Oc2ccc(Cl)cc2)cc1. The Labute approximate surface area is 241 Å². The van der Waals surface area contributed by atoms with Crippen molar-refractivity contribution in [2.45, 2.75) is 31.9 Å². The second-order valence-electron chi connectivity index (χ2n) is 9.67. The number of aromatic amines is 1. The number of nitrogens with one attached hydrogen (secondary N) is 2. The first-order valence-electron chi connectivity index (χ1n) is 13.0. The second kappa shape index (κ2) is 12.2. The van der Waals surface area contributed by atoms with Gasteiger partial charge in [-0.2, -0.15) is 0 Å². The van der Waals surface area contributed by atoms with Crippen molar-refractivity contribution in [2.75, 3.05) is 19.7 Å². The number of ether oxygens (including phenoxy) is 2. The van der Waals surface area contributed by atoms with Gasteiger partial charge in [-0.15, -0.1) is 0 Å². The molecule has 1 aliphatic heterocycles. The summed E-state index contributed by atoms with van der Waals surface area (Å²) in [5, 5.41) is 14.8. The predicted octanol–water partition coefficient (Wildman–Crippen LogP) is 5.89. The number of fused-ring (bicyclic) bond motifs is 3. The number of halogens is 2. The summed E-state index contributed by atoms with van der Waals surface area (Å²) in [4.78, 5) is 29.7. The molecule has 4 aromatic rings. The van der Waals surface area contributed by atoms with Gasteiger partial charge in [0, 0.05) is 53.1 Å². The van der Waals surface area contributed by atoms with E-state index >= 15 is 0 Å². The van der Waals surface area contributed by atoms with E-state index in [0.29, 0.717) is 40.9 Å². The topological polar surface area (TPSA) is 104 Å². The third-order valence-corrected chi connectivity index (χ3v) is 7.33. The lowest BCUT2D eigenvalue weighted by Crippen LogP contribution is -2.42. The van der Waals surface area contributed by atoms with Gasteiger partial charge >= 0.3 is 6.09 Å². The van der Waals surface area contributed by atoms with Gasteiger partial charge in [-0.3, -0.25) is 9.69 Å². The molecule has 2 amide bonds. The molecule has 3 aromatic carbocycles. The molecule has 1 unspecified atom stereocenters. The minimum atomic E-state index is -0.695. The number of benzene rings is 3. The van der Waals surface area contributed by atoms with Crippen LogP contribution < -0.4 is 14.8 Å². The summed E-state index contributed by atoms with van der Waals surface area (Å²) in [6.07, 6.45) is -0.150. The van der Waals surface area contributed by atoms with Crippen molar-refractivity contribution < 1.29 is 24.2 Å². The van der Waals surface area contributed by atoms with Gasteiger partial charge in [0.1, 0.15) is 17.5 Å². The van der Waals surface area contributed by atoms with Gasteiger partial charge in [-0.05, 0) is 72.1 Å². The summed E-state index contributed by atoms with van der Waals surface area (Å²) in [5.74, 6) is 0.850. The minimum absolute atomic E-state index is 0.180. The Kier molecular flexibility index (Phi) is 8.49. The van der Waals surface area contributed by atoms with Gasteiger partial charge in [0.25, 0.3) is 0 Å². The Morgan fingerprint density at radius 2 is 1.75 bits per heavy atom. The highest BCUT2D eigenvalue weighted by Gasteiger charge is 2.35. The van der Waals surface area contributed by atoms with Crippen LogP contribution in [0.3, 0.4) is 0 Å². The molecular formula is C30H29Cl2N3O5. The number of aliphatic hydroxyl groups is 1. The van der Waals surface area contributed by atoms with Crippen molar-refractivity contribution in [2.24, 2.45) is 0 Å². The maximum Gasteiger partial charge on any atom is 0.416 e. The van der Waals surface area contributed by atoms with Gasteiger partial charge in [0.15, 0.2) is 0 Å². The molecule has 208 valence electrons. The van der Waals surface area contributed by atoms with Crippen LogP contribution in [0.1, 0.15) is 36.2 Å². The van der Waals surface area contributed by atoms with Gasteiger partial charge in [-0.25, -0.2) is 4.79 Å². The van der Waals surface area contributed by atoms with E-state index in [0.717, 1.165) is 27.7 Å². The van der Waals surface area contributed by atoms with Crippen LogP contribution in [0.15, 0.2) is 66.7 Å². The van der Waals surface area contributed by atoms with Crippen LogP contribution in [0.4, 0.5) is 4.79 Å². The lowest BCUT2D eigenvalue weighted by molar-refractivity contribution is -0.119. The Bertz CT molecular complexity index is 1500. The number of carbonyl (C=O) groups excluding carboxylic acids is 2. The monoisotopic (exact) mass is 581 g/mol. The summed E-state index contributed by atoms with van der Waals surface area (Å²) >= 11 is 12.3. The van der Waals surface area contributed by atoms with E-state index in [-0.39, 0.29) is 19.1 Å². The molecule has 2 heterocycles. The van der Waals surface area contributed by atoms with Gasteiger partial charge in [-0.1, -0.05) is 35.3 Å². The summed E-state index contributed by atoms with van der Waals surface area (Å²) in [7, 11) is 0. The van der Waals surface area contributed by atoms with E-state index < -0.39 is 18.2 Å². The van der Waals surface area contributed by atoms with Crippen LogP contribution in [-0.4, -0.2) is 52.8 Å². The van der Waals surface area contributed by atoms with Crippen LogP contribution in [0.2, 0.25) is 10.0 Å². The van der Waals surface area contributed by atoms with Crippen LogP contribution in [0.5, 0.6) is 11.5 Å². The van der Waals surface area contributed by atoms with Crippen LogP contribution in [0.25, 0.3) is 10.9 Å². The fourth-order valence-corrected chi connectivity index (χ4v) is 5.19. The van der Waals surface area contributed by atoms with Crippen LogP contribution in [0, 0.1) is 0 Å². The number of amides is 2. The van der Waals surface area contributed by atoms with Crippen molar-refractivity contribution in [3.63, 3.8) is 0 Å². The number of nitrogens with zero attached hydrogens (tertiary/aromatic N) is 1. The Morgan fingerprint density at radius 1 is 1.05 bits per heavy atom. The van der Waals surface area contributed by atoms with Crippen molar-refractivity contribution in [3.8, 4) is 11.5 Å². The maximum absolute atomic E-state index is 13.4. The fourth-order valence-electron chi connectivity index (χ4n) is 4.89. The highest BCUT2D eigenvalue weighted by atomic mass is 35.5. The molecule has 0 saturated carbocycles. The molecule has 5 rings (SSSR count). The lowest BCUT2D eigenvalue weighted by atomic mass is 9.92. The first kappa shape index (κ1) is 27.8. The maximum atomic E-state index is 13.4. The molecule has 10 heteroatoms. The zero-order chi connectivity index (χ0) is 28.2. The smallest absolute Gasteiger partial charge is 0.416 e. The third kappa shape index (κ3) is 6.36. The minimum Gasteiger partial charge on any atom is -0.493 e. The van der Waals surface area contributed by atoms with Gasteiger partial charge in [0.2, 0.25) is 5.91 Å². The van der Waals surface area contributed by atoms with E-state index in [9.17, 15) is 14.7 Å². The Hall–Kier alpha value is -3.72. The number of H-pyrrole nitrogens is 1. The highest BCUT2D eigenvalue weighted by Crippen LogP contribution is 2.40. The van der Waals surface area contributed by atoms with Crippen molar-refractivity contribution in [1.82, 2.24) is 15.2 Å². The number of aromatic nitrogens is 1. The summed E-state index contributed by atoms with van der Waals surface area (Å²) in [6, 6.07) is 19.5. The molecule has 0 fully saturated rings. The molecule has 2 atom stereocenters. The molecule has 0 saturated heterocycles. The summed E-state index contributed by atoms with van der Waals surface area (Å²) in [6.45, 7) is 2.33. The van der Waals surface area contributed by atoms with Crippen molar-refractivity contribution in [1.29, 1.82) is 0 Å². The fraction of sp³-hybridized carbons (Fsp3) is 0.267. The standard InChI is InChI=1S/C30H29Cl2N3O5/c1-18(36)33-17-22(37)13-15-39-23-7-2-19(3-8-23)29-28-25(26-16-21(32)6-11-27(26)34-28)12-14-35(29)30(38)40-24-9-4-20(31)5-10-24/h2-11,16,22,29,34,37H,12-15,17H2,1H3,(H,33,36)/t22?,29-/m0/s1. The van der Waals surface area contributed by atoms with E-state index in [1.807, 2.05) is 42.5 Å². The van der Waals surface area contributed by atoms with Crippen LogP contribution >= 0.6 is 23.2 Å². The van der Waals surface area contributed by atoms with Gasteiger partial charge in [0.05, 0.1) is 12.7 Å². The molecule has 40 heavy (non-hydrogen) atoms. The summed E-state index contributed by atoms with van der Waals surface area (Å²) in [5.41, 5.74) is 3.85. The average Bonchev–Trinajstić information content (AvgIpc) is 3.31. The zero-order valence-electron chi connectivity index (χ0n) is 21.8. The molecule has 8 nitrogen and oxygen atoms in total. The molecule has 0 aliphatic carbocycles. The number of carbonyl (C=O) groups is 2. The van der Waals surface area contributed by atoms with Crippen molar-refractivity contribution in [3.05, 3.63) is 93.6 Å².